The normalized spacial score (nSPS) is 15.1. The van der Waals surface area contributed by atoms with Crippen LogP contribution in [0.5, 0.6) is 0 Å². The van der Waals surface area contributed by atoms with Crippen LogP contribution >= 0.6 is 7.59 Å². The third kappa shape index (κ3) is 2.18. The number of carbonyl (C=O) groups excluding carboxylic acids is 1. The topological polar surface area (TPSA) is 79.5 Å². The fourth-order valence-electron chi connectivity index (χ4n) is 2.24. The average Bonchev–Trinajstić information content (AvgIpc) is 2.38. The van der Waals surface area contributed by atoms with Gasteiger partial charge in [-0.25, -0.2) is 9.88 Å². The molecule has 0 aromatic heterocycles. The van der Waals surface area contributed by atoms with E-state index in [-0.39, 0.29) is 6.61 Å². The Morgan fingerprint density at radius 1 is 1.20 bits per heavy atom. The molecule has 3 N–H and O–H groups in total. The van der Waals surface area contributed by atoms with E-state index in [2.05, 4.69) is 15.3 Å². The Hall–Kier alpha value is -2.20. The Labute approximate surface area is 116 Å². The van der Waals surface area contributed by atoms with Crippen molar-refractivity contribution in [2.75, 3.05) is 16.8 Å². The van der Waals surface area contributed by atoms with Crippen LogP contribution in [0.3, 0.4) is 0 Å². The maximum absolute atomic E-state index is 12.7. The van der Waals surface area contributed by atoms with E-state index in [1.165, 1.54) is 0 Å². The molecule has 1 amide bonds. The standard InChI is InChI=1S/C13H14N3O3P/c1-2-19-13(17)16-20(18)14-10-7-3-5-9-6-4-8-11(15-20)12(9)10/h3-8H,2H2,1H3,(H3,14,15,16,17,18). The number of hydrogen-bond donors (Lipinski definition) is 3. The average molecular weight is 291 g/mol. The maximum atomic E-state index is 12.7. The van der Waals surface area contributed by atoms with E-state index in [0.29, 0.717) is 0 Å². The van der Waals surface area contributed by atoms with Gasteiger partial charge in [0.1, 0.15) is 0 Å². The zero-order valence-electron chi connectivity index (χ0n) is 10.8. The van der Waals surface area contributed by atoms with Crippen molar-refractivity contribution in [3.05, 3.63) is 36.4 Å². The van der Waals surface area contributed by atoms with E-state index in [1.807, 2.05) is 36.4 Å². The molecule has 0 unspecified atom stereocenters. The summed E-state index contributed by atoms with van der Waals surface area (Å²) in [4.78, 5) is 11.5. The molecule has 1 aliphatic heterocycles. The number of nitrogens with one attached hydrogen (secondary N) is 3. The molecule has 6 nitrogen and oxygen atoms in total. The molecule has 0 bridgehead atoms. The van der Waals surface area contributed by atoms with Crippen LogP contribution in [-0.4, -0.2) is 12.7 Å². The molecular weight excluding hydrogens is 277 g/mol. The van der Waals surface area contributed by atoms with Crippen LogP contribution < -0.4 is 15.3 Å². The molecule has 20 heavy (non-hydrogen) atoms. The van der Waals surface area contributed by atoms with Gasteiger partial charge in [-0.2, -0.15) is 0 Å². The van der Waals surface area contributed by atoms with Gasteiger partial charge in [0, 0.05) is 5.39 Å². The monoisotopic (exact) mass is 291 g/mol. The van der Waals surface area contributed by atoms with Gasteiger partial charge in [-0.3, -0.25) is 4.57 Å². The van der Waals surface area contributed by atoms with Crippen molar-refractivity contribution in [1.82, 2.24) is 5.09 Å². The molecule has 2 aromatic rings. The van der Waals surface area contributed by atoms with Crippen molar-refractivity contribution in [1.29, 1.82) is 0 Å². The largest absolute Gasteiger partial charge is 0.450 e. The number of amides is 1. The van der Waals surface area contributed by atoms with Gasteiger partial charge in [0.25, 0.3) is 0 Å². The van der Waals surface area contributed by atoms with Crippen LogP contribution in [0.2, 0.25) is 0 Å². The lowest BCUT2D eigenvalue weighted by molar-refractivity contribution is 0.158. The molecular formula is C13H14N3O3P. The number of carbonyl (C=O) groups is 1. The minimum atomic E-state index is -3.32. The molecule has 1 heterocycles. The first-order chi connectivity index (χ1) is 9.61. The van der Waals surface area contributed by atoms with Crippen molar-refractivity contribution < 1.29 is 14.1 Å². The minimum Gasteiger partial charge on any atom is -0.450 e. The summed E-state index contributed by atoms with van der Waals surface area (Å²) in [5, 5.41) is 10.1. The summed E-state index contributed by atoms with van der Waals surface area (Å²) in [7, 11) is -3.32. The molecule has 0 fully saturated rings. The third-order valence-corrected chi connectivity index (χ3v) is 4.59. The highest BCUT2D eigenvalue weighted by atomic mass is 31.2. The second-order valence-electron chi connectivity index (χ2n) is 4.37. The van der Waals surface area contributed by atoms with E-state index in [1.54, 1.807) is 6.92 Å². The van der Waals surface area contributed by atoms with Crippen molar-refractivity contribution in [2.24, 2.45) is 0 Å². The van der Waals surface area contributed by atoms with Crippen molar-refractivity contribution in [3.63, 3.8) is 0 Å². The number of ether oxygens (including phenoxy) is 1. The van der Waals surface area contributed by atoms with E-state index >= 15 is 0 Å². The van der Waals surface area contributed by atoms with Gasteiger partial charge in [0.2, 0.25) is 0 Å². The van der Waals surface area contributed by atoms with Crippen LogP contribution in [0.1, 0.15) is 6.92 Å². The fourth-order valence-corrected chi connectivity index (χ4v) is 3.78. The first kappa shape index (κ1) is 12.8. The van der Waals surface area contributed by atoms with Gasteiger partial charge in [-0.05, 0) is 24.4 Å². The molecule has 0 radical (unpaired) electrons. The van der Waals surface area contributed by atoms with Gasteiger partial charge in [0.05, 0.1) is 18.0 Å². The molecule has 1 aliphatic rings. The number of benzene rings is 2. The third-order valence-electron chi connectivity index (χ3n) is 2.98. The summed E-state index contributed by atoms with van der Waals surface area (Å²) in [5.41, 5.74) is 1.44. The predicted octanol–water partition coefficient (Wildman–Crippen LogP) is 3.53. The lowest BCUT2D eigenvalue weighted by atomic mass is 10.1. The SMILES string of the molecule is CCOC(=O)NP1(=O)Nc2cccc3cccc(c23)N1. The second kappa shape index (κ2) is 4.72. The van der Waals surface area contributed by atoms with Crippen LogP contribution in [0.4, 0.5) is 16.2 Å². The number of hydrogen-bond acceptors (Lipinski definition) is 3. The number of rotatable bonds is 2. The highest BCUT2D eigenvalue weighted by Gasteiger charge is 2.30. The minimum absolute atomic E-state index is 0.220. The lowest BCUT2D eigenvalue weighted by Gasteiger charge is -2.28. The Balaban J connectivity index is 1.99. The molecule has 0 spiro atoms. The molecule has 0 saturated heterocycles. The summed E-state index contributed by atoms with van der Waals surface area (Å²) in [6, 6.07) is 11.3. The van der Waals surface area contributed by atoms with Gasteiger partial charge in [-0.15, -0.1) is 0 Å². The molecule has 0 aliphatic carbocycles. The summed E-state index contributed by atoms with van der Waals surface area (Å²) in [6.07, 6.45) is -0.720. The van der Waals surface area contributed by atoms with Gasteiger partial charge >= 0.3 is 13.7 Å². The van der Waals surface area contributed by atoms with E-state index in [9.17, 15) is 9.36 Å². The molecule has 2 aromatic carbocycles. The molecule has 104 valence electrons. The van der Waals surface area contributed by atoms with Crippen molar-refractivity contribution >= 4 is 35.8 Å². The van der Waals surface area contributed by atoms with Crippen molar-refractivity contribution in [3.8, 4) is 0 Å². The van der Waals surface area contributed by atoms with Gasteiger partial charge in [-0.1, -0.05) is 24.3 Å². The Morgan fingerprint density at radius 2 is 1.80 bits per heavy atom. The predicted molar refractivity (Wildman–Crippen MR) is 79.0 cm³/mol. The number of anilines is 2. The van der Waals surface area contributed by atoms with Gasteiger partial charge < -0.3 is 14.9 Å². The Kier molecular flexibility index (Phi) is 3.03. The lowest BCUT2D eigenvalue weighted by Crippen LogP contribution is -2.29. The summed E-state index contributed by atoms with van der Waals surface area (Å²) < 4.78 is 17.5. The highest BCUT2D eigenvalue weighted by molar-refractivity contribution is 7.65. The zero-order valence-corrected chi connectivity index (χ0v) is 11.7. The summed E-state index contributed by atoms with van der Waals surface area (Å²) in [5.74, 6) is 0. The second-order valence-corrected chi connectivity index (χ2v) is 6.26. The van der Waals surface area contributed by atoms with Gasteiger partial charge in [0.15, 0.2) is 0 Å². The highest BCUT2D eigenvalue weighted by Crippen LogP contribution is 2.50. The van der Waals surface area contributed by atoms with E-state index in [4.69, 9.17) is 4.74 Å². The van der Waals surface area contributed by atoms with E-state index < -0.39 is 13.7 Å². The van der Waals surface area contributed by atoms with Crippen LogP contribution in [0.25, 0.3) is 10.8 Å². The smallest absolute Gasteiger partial charge is 0.415 e. The van der Waals surface area contributed by atoms with Crippen molar-refractivity contribution in [2.45, 2.75) is 6.92 Å². The molecule has 3 rings (SSSR count). The quantitative estimate of drug-likeness (QED) is 0.738. The molecule has 0 atom stereocenters. The summed E-state index contributed by atoms with van der Waals surface area (Å²) >= 11 is 0. The first-order valence-corrected chi connectivity index (χ1v) is 7.95. The zero-order chi connectivity index (χ0) is 14.2. The molecule has 0 saturated carbocycles. The van der Waals surface area contributed by atoms with Crippen LogP contribution in [0, 0.1) is 0 Å². The maximum Gasteiger partial charge on any atom is 0.415 e. The Bertz CT molecular complexity index is 687. The summed E-state index contributed by atoms with van der Waals surface area (Å²) in [6.45, 7) is 1.91. The first-order valence-electron chi connectivity index (χ1n) is 6.25. The fraction of sp³-hybridized carbons (Fsp3) is 0.154. The Morgan fingerprint density at radius 3 is 2.35 bits per heavy atom. The van der Waals surface area contributed by atoms with E-state index in [0.717, 1.165) is 22.1 Å². The molecule has 7 heteroatoms. The van der Waals surface area contributed by atoms with Crippen LogP contribution in [0.15, 0.2) is 36.4 Å². The van der Waals surface area contributed by atoms with Crippen LogP contribution in [-0.2, 0) is 9.30 Å².